The summed E-state index contributed by atoms with van der Waals surface area (Å²) in [7, 11) is -3.44. The molecule has 18 heavy (non-hydrogen) atoms. The molecule has 0 saturated heterocycles. The van der Waals surface area contributed by atoms with E-state index in [4.69, 9.17) is 0 Å². The SMILES string of the molecule is Cc1[nH]ncc1S(=O)(=O)NC(C)C1CCCCC1. The van der Waals surface area contributed by atoms with Crippen molar-refractivity contribution >= 4 is 10.0 Å². The fraction of sp³-hybridized carbons (Fsp3) is 0.750. The number of H-pyrrole nitrogens is 1. The highest BCUT2D eigenvalue weighted by molar-refractivity contribution is 7.89. The second-order valence-corrected chi connectivity index (χ2v) is 6.85. The predicted molar refractivity (Wildman–Crippen MR) is 69.7 cm³/mol. The molecule has 1 heterocycles. The van der Waals surface area contributed by atoms with Crippen LogP contribution >= 0.6 is 0 Å². The topological polar surface area (TPSA) is 74.8 Å². The number of hydrogen-bond donors (Lipinski definition) is 2. The van der Waals surface area contributed by atoms with Crippen molar-refractivity contribution in [2.45, 2.75) is 56.9 Å². The lowest BCUT2D eigenvalue weighted by atomic mass is 9.85. The van der Waals surface area contributed by atoms with Crippen LogP contribution in [0.15, 0.2) is 11.1 Å². The minimum atomic E-state index is -3.44. The van der Waals surface area contributed by atoms with Gasteiger partial charge in [-0.25, -0.2) is 13.1 Å². The maximum atomic E-state index is 12.2. The standard InChI is InChI=1S/C12H21N3O2S/c1-9(11-6-4-3-5-7-11)15-18(16,17)12-8-13-14-10(12)2/h8-9,11,15H,3-7H2,1-2H3,(H,13,14). The summed E-state index contributed by atoms with van der Waals surface area (Å²) in [5, 5.41) is 6.42. The van der Waals surface area contributed by atoms with Crippen molar-refractivity contribution in [3.8, 4) is 0 Å². The summed E-state index contributed by atoms with van der Waals surface area (Å²) in [4.78, 5) is 0.255. The summed E-state index contributed by atoms with van der Waals surface area (Å²) in [6, 6.07) is -0.00963. The first-order valence-electron chi connectivity index (χ1n) is 6.53. The molecule has 1 atom stereocenters. The van der Waals surface area contributed by atoms with Crippen molar-refractivity contribution in [1.82, 2.24) is 14.9 Å². The summed E-state index contributed by atoms with van der Waals surface area (Å²) >= 11 is 0. The highest BCUT2D eigenvalue weighted by Crippen LogP contribution is 2.27. The molecule has 2 rings (SSSR count). The van der Waals surface area contributed by atoms with Gasteiger partial charge in [-0.3, -0.25) is 5.10 Å². The van der Waals surface area contributed by atoms with Crippen molar-refractivity contribution < 1.29 is 8.42 Å². The number of hydrogen-bond acceptors (Lipinski definition) is 3. The monoisotopic (exact) mass is 271 g/mol. The lowest BCUT2D eigenvalue weighted by Crippen LogP contribution is -2.38. The van der Waals surface area contributed by atoms with Crippen LogP contribution in [0.1, 0.15) is 44.7 Å². The zero-order valence-corrected chi connectivity index (χ0v) is 11.8. The van der Waals surface area contributed by atoms with Gasteiger partial charge in [-0.2, -0.15) is 5.10 Å². The summed E-state index contributed by atoms with van der Waals surface area (Å²) in [6.07, 6.45) is 7.30. The summed E-state index contributed by atoms with van der Waals surface area (Å²) in [5.41, 5.74) is 0.582. The fourth-order valence-electron chi connectivity index (χ4n) is 2.65. The lowest BCUT2D eigenvalue weighted by Gasteiger charge is -2.27. The molecule has 0 bridgehead atoms. The maximum Gasteiger partial charge on any atom is 0.244 e. The smallest absolute Gasteiger partial charge is 0.244 e. The largest absolute Gasteiger partial charge is 0.281 e. The van der Waals surface area contributed by atoms with Crippen LogP contribution in [0.2, 0.25) is 0 Å². The molecule has 0 amide bonds. The van der Waals surface area contributed by atoms with Crippen LogP contribution in [0.25, 0.3) is 0 Å². The third-order valence-electron chi connectivity index (χ3n) is 3.77. The summed E-state index contributed by atoms with van der Waals surface area (Å²) in [6.45, 7) is 3.68. The highest BCUT2D eigenvalue weighted by Gasteiger charge is 2.26. The van der Waals surface area contributed by atoms with Crippen LogP contribution in [0.3, 0.4) is 0 Å². The van der Waals surface area contributed by atoms with Gasteiger partial charge in [0.25, 0.3) is 0 Å². The average molecular weight is 271 g/mol. The minimum absolute atomic E-state index is 0.00963. The van der Waals surface area contributed by atoms with Crippen molar-refractivity contribution in [3.05, 3.63) is 11.9 Å². The Morgan fingerprint density at radius 3 is 2.61 bits per heavy atom. The van der Waals surface area contributed by atoms with Crippen LogP contribution < -0.4 is 4.72 Å². The number of aromatic nitrogens is 2. The van der Waals surface area contributed by atoms with Gasteiger partial charge in [-0.1, -0.05) is 19.3 Å². The third kappa shape index (κ3) is 2.92. The molecule has 1 unspecified atom stereocenters. The normalized spacial score (nSPS) is 19.9. The molecule has 0 spiro atoms. The Bertz CT molecular complexity index is 489. The molecule has 5 nitrogen and oxygen atoms in total. The van der Waals surface area contributed by atoms with Crippen molar-refractivity contribution in [3.63, 3.8) is 0 Å². The quantitative estimate of drug-likeness (QED) is 0.879. The number of sulfonamides is 1. The molecule has 0 aromatic carbocycles. The molecule has 6 heteroatoms. The second-order valence-electron chi connectivity index (χ2n) is 5.17. The van der Waals surface area contributed by atoms with Gasteiger partial charge in [0.2, 0.25) is 10.0 Å². The van der Waals surface area contributed by atoms with Crippen LogP contribution in [0, 0.1) is 12.8 Å². The van der Waals surface area contributed by atoms with Crippen molar-refractivity contribution in [2.24, 2.45) is 5.92 Å². The Hall–Kier alpha value is -0.880. The zero-order valence-electron chi connectivity index (χ0n) is 10.9. The van der Waals surface area contributed by atoms with Gasteiger partial charge < -0.3 is 0 Å². The Morgan fingerprint density at radius 1 is 1.39 bits per heavy atom. The Morgan fingerprint density at radius 2 is 2.06 bits per heavy atom. The van der Waals surface area contributed by atoms with Crippen molar-refractivity contribution in [2.75, 3.05) is 0 Å². The van der Waals surface area contributed by atoms with E-state index in [1.807, 2.05) is 6.92 Å². The van der Waals surface area contributed by atoms with Gasteiger partial charge in [0, 0.05) is 6.04 Å². The molecular formula is C12H21N3O2S. The summed E-state index contributed by atoms with van der Waals surface area (Å²) < 4.78 is 27.2. The van der Waals surface area contributed by atoms with Gasteiger partial charge in [0.15, 0.2) is 0 Å². The van der Waals surface area contributed by atoms with Crippen LogP contribution in [0.4, 0.5) is 0 Å². The predicted octanol–water partition coefficient (Wildman–Crippen LogP) is 1.97. The average Bonchev–Trinajstić information content (AvgIpc) is 2.77. The Kier molecular flexibility index (Phi) is 4.07. The third-order valence-corrected chi connectivity index (χ3v) is 5.44. The van der Waals surface area contributed by atoms with Gasteiger partial charge in [0.05, 0.1) is 11.9 Å². The Labute approximate surface area is 108 Å². The van der Waals surface area contributed by atoms with E-state index in [0.29, 0.717) is 11.6 Å². The van der Waals surface area contributed by atoms with Crippen molar-refractivity contribution in [1.29, 1.82) is 0 Å². The first-order chi connectivity index (χ1) is 8.50. The van der Waals surface area contributed by atoms with Crippen LogP contribution in [0.5, 0.6) is 0 Å². The molecule has 1 fully saturated rings. The zero-order chi connectivity index (χ0) is 13.2. The van der Waals surface area contributed by atoms with Gasteiger partial charge in [0.1, 0.15) is 4.90 Å². The highest BCUT2D eigenvalue weighted by atomic mass is 32.2. The molecule has 1 aromatic heterocycles. The Balaban J connectivity index is 2.06. The first kappa shape index (κ1) is 13.5. The molecule has 1 aliphatic carbocycles. The second kappa shape index (κ2) is 5.40. The molecule has 2 N–H and O–H groups in total. The van der Waals surface area contributed by atoms with Crippen LogP contribution in [-0.2, 0) is 10.0 Å². The number of nitrogens with zero attached hydrogens (tertiary/aromatic N) is 1. The maximum absolute atomic E-state index is 12.2. The molecule has 102 valence electrons. The molecule has 0 radical (unpaired) electrons. The van der Waals surface area contributed by atoms with E-state index in [2.05, 4.69) is 14.9 Å². The van der Waals surface area contributed by atoms with E-state index < -0.39 is 10.0 Å². The van der Waals surface area contributed by atoms with Gasteiger partial charge >= 0.3 is 0 Å². The van der Waals surface area contributed by atoms with E-state index >= 15 is 0 Å². The number of nitrogens with one attached hydrogen (secondary N) is 2. The lowest BCUT2D eigenvalue weighted by molar-refractivity contribution is 0.303. The minimum Gasteiger partial charge on any atom is -0.281 e. The van der Waals surface area contributed by atoms with Gasteiger partial charge in [-0.15, -0.1) is 0 Å². The number of aromatic amines is 1. The van der Waals surface area contributed by atoms with E-state index in [1.54, 1.807) is 6.92 Å². The fourth-order valence-corrected chi connectivity index (χ4v) is 4.10. The van der Waals surface area contributed by atoms with E-state index in [9.17, 15) is 8.42 Å². The molecule has 1 aliphatic rings. The molecule has 1 aromatic rings. The van der Waals surface area contributed by atoms with E-state index in [1.165, 1.54) is 25.5 Å². The first-order valence-corrected chi connectivity index (χ1v) is 8.01. The van der Waals surface area contributed by atoms with E-state index in [-0.39, 0.29) is 10.9 Å². The van der Waals surface area contributed by atoms with E-state index in [0.717, 1.165) is 12.8 Å². The number of aryl methyl sites for hydroxylation is 1. The van der Waals surface area contributed by atoms with Crippen LogP contribution in [-0.4, -0.2) is 24.7 Å². The molecular weight excluding hydrogens is 250 g/mol. The molecule has 1 saturated carbocycles. The summed E-state index contributed by atoms with van der Waals surface area (Å²) in [5.74, 6) is 0.459. The molecule has 0 aliphatic heterocycles. The van der Waals surface area contributed by atoms with Gasteiger partial charge in [-0.05, 0) is 32.6 Å². The number of rotatable bonds is 4.